The molecule has 0 aromatic heterocycles. The number of hydrogen-bond acceptors (Lipinski definition) is 6. The average molecular weight is 404 g/mol. The zero-order valence-corrected chi connectivity index (χ0v) is 15.8. The Bertz CT molecular complexity index is 881. The number of nitrogens with zero attached hydrogens (tertiary/aromatic N) is 1. The van der Waals surface area contributed by atoms with Crippen LogP contribution in [0, 0.1) is 10.1 Å². The number of benzene rings is 2. The van der Waals surface area contributed by atoms with Crippen LogP contribution in [0.3, 0.4) is 0 Å². The van der Waals surface area contributed by atoms with Crippen LogP contribution >= 0.6 is 11.6 Å². The molecule has 146 valence electrons. The first-order valence-corrected chi connectivity index (χ1v) is 8.82. The van der Waals surface area contributed by atoms with Gasteiger partial charge >= 0.3 is 11.9 Å². The topological polar surface area (TPSA) is 95.7 Å². The van der Waals surface area contributed by atoms with E-state index in [1.807, 2.05) is 0 Å². The quantitative estimate of drug-likeness (QED) is 0.217. The molecule has 0 fully saturated rings. The Morgan fingerprint density at radius 2 is 1.79 bits per heavy atom. The van der Waals surface area contributed by atoms with E-state index in [0.29, 0.717) is 10.6 Å². The van der Waals surface area contributed by atoms with Crippen molar-refractivity contribution in [2.45, 2.75) is 12.8 Å². The lowest BCUT2D eigenvalue weighted by molar-refractivity contribution is -0.481. The van der Waals surface area contributed by atoms with Gasteiger partial charge in [-0.3, -0.25) is 10.1 Å². The van der Waals surface area contributed by atoms with Crippen molar-refractivity contribution in [3.8, 4) is 0 Å². The summed E-state index contributed by atoms with van der Waals surface area (Å²) in [5.74, 6) is -3.00. The average Bonchev–Trinajstić information content (AvgIpc) is 2.67. The third-order valence-electron chi connectivity index (χ3n) is 3.69. The monoisotopic (exact) mass is 403 g/mol. The lowest BCUT2D eigenvalue weighted by atomic mass is 9.98. The second-order valence-corrected chi connectivity index (χ2v) is 6.06. The number of halogens is 1. The van der Waals surface area contributed by atoms with Crippen molar-refractivity contribution in [2.75, 3.05) is 13.2 Å². The summed E-state index contributed by atoms with van der Waals surface area (Å²) in [4.78, 5) is 35.2. The normalized spacial score (nSPS) is 12.1. The minimum Gasteiger partial charge on any atom is -0.460 e. The molecule has 0 heterocycles. The van der Waals surface area contributed by atoms with Gasteiger partial charge in [0.15, 0.2) is 0 Å². The van der Waals surface area contributed by atoms with Crippen LogP contribution in [-0.2, 0) is 14.3 Å². The minimum absolute atomic E-state index is 0.0467. The number of esters is 2. The summed E-state index contributed by atoms with van der Waals surface area (Å²) >= 11 is 6.15. The predicted octanol–water partition coefficient (Wildman–Crippen LogP) is 4.00. The third-order valence-corrected chi connectivity index (χ3v) is 4.04. The second kappa shape index (κ2) is 10.2. The Labute approximate surface area is 166 Å². The highest BCUT2D eigenvalue weighted by molar-refractivity contribution is 6.31. The van der Waals surface area contributed by atoms with Crippen molar-refractivity contribution in [2.24, 2.45) is 0 Å². The smallest absolute Gasteiger partial charge is 0.374 e. The van der Waals surface area contributed by atoms with Crippen molar-refractivity contribution in [3.63, 3.8) is 0 Å². The molecule has 2 aromatic carbocycles. The van der Waals surface area contributed by atoms with E-state index in [1.54, 1.807) is 49.4 Å². The molecule has 0 aliphatic carbocycles. The van der Waals surface area contributed by atoms with Crippen LogP contribution in [0.4, 0.5) is 0 Å². The van der Waals surface area contributed by atoms with Crippen LogP contribution in [0.25, 0.3) is 0 Å². The standard InChI is InChI=1S/C20H18ClNO6/c1-2-27-20(24)18(28-19(23)14-8-4-3-5-9-14)12-15(13-22(25)26)16-10-6-7-11-17(16)21/h3-12,15H,2,13H2,1H3/b18-12+/t15-/m1/s1. The lowest BCUT2D eigenvalue weighted by Gasteiger charge is -2.14. The summed E-state index contributed by atoms with van der Waals surface area (Å²) in [6.45, 7) is 1.09. The summed E-state index contributed by atoms with van der Waals surface area (Å²) in [5, 5.41) is 11.4. The first-order valence-electron chi connectivity index (χ1n) is 8.44. The molecule has 0 radical (unpaired) electrons. The molecule has 0 saturated carbocycles. The van der Waals surface area contributed by atoms with Gasteiger partial charge in [0, 0.05) is 9.95 Å². The van der Waals surface area contributed by atoms with Gasteiger partial charge in [-0.2, -0.15) is 0 Å². The summed E-state index contributed by atoms with van der Waals surface area (Å²) in [6.07, 6.45) is 1.20. The number of carbonyl (C=O) groups excluding carboxylic acids is 2. The molecule has 0 aliphatic heterocycles. The lowest BCUT2D eigenvalue weighted by Crippen LogP contribution is -2.18. The fraction of sp³-hybridized carbons (Fsp3) is 0.200. The Balaban J connectivity index is 2.41. The molecule has 8 heteroatoms. The van der Waals surface area contributed by atoms with E-state index in [0.717, 1.165) is 0 Å². The molecule has 7 nitrogen and oxygen atoms in total. The zero-order chi connectivity index (χ0) is 20.5. The van der Waals surface area contributed by atoms with Crippen LogP contribution in [0.5, 0.6) is 0 Å². The van der Waals surface area contributed by atoms with Gasteiger partial charge < -0.3 is 9.47 Å². The zero-order valence-electron chi connectivity index (χ0n) is 15.0. The largest absolute Gasteiger partial charge is 0.460 e. The van der Waals surface area contributed by atoms with E-state index in [4.69, 9.17) is 21.1 Å². The number of carbonyl (C=O) groups is 2. The molecule has 0 unspecified atom stereocenters. The predicted molar refractivity (Wildman–Crippen MR) is 103 cm³/mol. The first kappa shape index (κ1) is 21.1. The number of rotatable bonds is 8. The highest BCUT2D eigenvalue weighted by atomic mass is 35.5. The number of nitro groups is 1. The van der Waals surface area contributed by atoms with E-state index in [1.165, 1.54) is 18.2 Å². The van der Waals surface area contributed by atoms with Gasteiger partial charge in [0.25, 0.3) is 0 Å². The summed E-state index contributed by atoms with van der Waals surface area (Å²) in [5.41, 5.74) is 0.652. The Hall–Kier alpha value is -3.19. The van der Waals surface area contributed by atoms with Gasteiger partial charge in [0.1, 0.15) is 0 Å². The van der Waals surface area contributed by atoms with Gasteiger partial charge in [-0.25, -0.2) is 9.59 Å². The van der Waals surface area contributed by atoms with E-state index in [2.05, 4.69) is 0 Å². The summed E-state index contributed by atoms with van der Waals surface area (Å²) in [7, 11) is 0. The molecule has 0 saturated heterocycles. The number of hydrogen-bond donors (Lipinski definition) is 0. The van der Waals surface area contributed by atoms with E-state index in [-0.39, 0.29) is 12.2 Å². The Kier molecular flexibility index (Phi) is 7.71. The van der Waals surface area contributed by atoms with Crippen molar-refractivity contribution in [1.82, 2.24) is 0 Å². The van der Waals surface area contributed by atoms with Crippen molar-refractivity contribution < 1.29 is 24.0 Å². The van der Waals surface area contributed by atoms with Gasteiger partial charge in [0.05, 0.1) is 18.1 Å². The highest BCUT2D eigenvalue weighted by Gasteiger charge is 2.25. The van der Waals surface area contributed by atoms with Crippen LogP contribution in [-0.4, -0.2) is 30.0 Å². The van der Waals surface area contributed by atoms with Crippen LogP contribution < -0.4 is 0 Å². The van der Waals surface area contributed by atoms with Gasteiger partial charge in [-0.05, 0) is 36.8 Å². The third kappa shape index (κ3) is 5.92. The SMILES string of the molecule is CCOC(=O)/C(=C\[C@H](C[N+](=O)[O-])c1ccccc1Cl)OC(=O)c1ccccc1. The molecular formula is C20H18ClNO6. The van der Waals surface area contributed by atoms with Crippen LogP contribution in [0.15, 0.2) is 66.4 Å². The summed E-state index contributed by atoms with van der Waals surface area (Å²) in [6, 6.07) is 14.6. The van der Waals surface area contributed by atoms with Gasteiger partial charge in [-0.15, -0.1) is 0 Å². The Morgan fingerprint density at radius 1 is 1.14 bits per heavy atom. The maximum Gasteiger partial charge on any atom is 0.374 e. The maximum absolute atomic E-state index is 12.3. The van der Waals surface area contributed by atoms with Crippen LogP contribution in [0.2, 0.25) is 5.02 Å². The first-order chi connectivity index (χ1) is 13.4. The van der Waals surface area contributed by atoms with E-state index < -0.39 is 35.1 Å². The second-order valence-electron chi connectivity index (χ2n) is 5.65. The van der Waals surface area contributed by atoms with Crippen molar-refractivity contribution in [1.29, 1.82) is 0 Å². The molecule has 0 spiro atoms. The van der Waals surface area contributed by atoms with Crippen LogP contribution in [0.1, 0.15) is 28.8 Å². The maximum atomic E-state index is 12.3. The van der Waals surface area contributed by atoms with Gasteiger partial charge in [0.2, 0.25) is 12.3 Å². The van der Waals surface area contributed by atoms with E-state index in [9.17, 15) is 19.7 Å². The Morgan fingerprint density at radius 3 is 2.39 bits per heavy atom. The molecule has 28 heavy (non-hydrogen) atoms. The summed E-state index contributed by atoms with van der Waals surface area (Å²) < 4.78 is 10.1. The molecule has 1 atom stereocenters. The van der Waals surface area contributed by atoms with Crippen molar-refractivity contribution >= 4 is 23.5 Å². The molecular weight excluding hydrogens is 386 g/mol. The molecule has 0 bridgehead atoms. The van der Waals surface area contributed by atoms with Gasteiger partial charge in [-0.1, -0.05) is 48.0 Å². The van der Waals surface area contributed by atoms with E-state index >= 15 is 0 Å². The molecule has 0 aliphatic rings. The molecule has 2 rings (SSSR count). The minimum atomic E-state index is -0.897. The highest BCUT2D eigenvalue weighted by Crippen LogP contribution is 2.27. The molecule has 2 aromatic rings. The molecule has 0 amide bonds. The molecule has 0 N–H and O–H groups in total. The fourth-order valence-corrected chi connectivity index (χ4v) is 2.71. The van der Waals surface area contributed by atoms with Crippen molar-refractivity contribution in [3.05, 3.63) is 92.7 Å². The number of ether oxygens (including phenoxy) is 2. The fourth-order valence-electron chi connectivity index (χ4n) is 2.44.